The van der Waals surface area contributed by atoms with Gasteiger partial charge in [-0.1, -0.05) is 12.1 Å². The second kappa shape index (κ2) is 8.42. The third-order valence-corrected chi connectivity index (χ3v) is 5.95. The minimum atomic E-state index is -2.51. The van der Waals surface area contributed by atoms with Gasteiger partial charge in [0.05, 0.1) is 0 Å². The van der Waals surface area contributed by atoms with Crippen molar-refractivity contribution in [2.45, 2.75) is 32.7 Å². The van der Waals surface area contributed by atoms with Crippen LogP contribution < -0.4 is 0 Å². The van der Waals surface area contributed by atoms with Gasteiger partial charge < -0.3 is 13.3 Å². The lowest BCUT2D eigenvalue weighted by molar-refractivity contribution is 0.0861. The van der Waals surface area contributed by atoms with Crippen molar-refractivity contribution in [1.82, 2.24) is 0 Å². The van der Waals surface area contributed by atoms with Crippen LogP contribution in [0.3, 0.4) is 0 Å². The predicted molar refractivity (Wildman–Crippen MR) is 75.5 cm³/mol. The molecule has 0 spiro atoms. The summed E-state index contributed by atoms with van der Waals surface area (Å²) >= 11 is 0. The molecule has 0 unspecified atom stereocenters. The van der Waals surface area contributed by atoms with Crippen LogP contribution in [0.15, 0.2) is 24.3 Å². The summed E-state index contributed by atoms with van der Waals surface area (Å²) in [6.07, 6.45) is 1.78. The number of hydrogen-bond donors (Lipinski definition) is 0. The highest BCUT2D eigenvalue weighted by atomic mass is 28.4. The van der Waals surface area contributed by atoms with Gasteiger partial charge in [0.25, 0.3) is 0 Å². The summed E-state index contributed by atoms with van der Waals surface area (Å²) in [5.74, 6) is -0.201. The van der Waals surface area contributed by atoms with Gasteiger partial charge in [-0.05, 0) is 44.4 Å². The minimum Gasteiger partial charge on any atom is -0.377 e. The van der Waals surface area contributed by atoms with Crippen LogP contribution in [-0.2, 0) is 19.7 Å². The molecule has 19 heavy (non-hydrogen) atoms. The summed E-state index contributed by atoms with van der Waals surface area (Å²) in [5.41, 5.74) is 1.12. The van der Waals surface area contributed by atoms with Gasteiger partial charge in [0, 0.05) is 26.4 Å². The quantitative estimate of drug-likeness (QED) is 0.651. The fraction of sp³-hybridized carbons (Fsp3) is 0.571. The highest BCUT2D eigenvalue weighted by Crippen LogP contribution is 2.19. The third kappa shape index (κ3) is 5.40. The van der Waals surface area contributed by atoms with Crippen LogP contribution in [0.4, 0.5) is 4.39 Å². The zero-order chi connectivity index (χ0) is 14.1. The molecule has 0 aromatic heterocycles. The molecule has 0 aliphatic rings. The van der Waals surface area contributed by atoms with Crippen LogP contribution in [0.1, 0.15) is 25.8 Å². The molecular formula is C14H23FO3Si. The highest BCUT2D eigenvalue weighted by Gasteiger charge is 2.38. The Balaban J connectivity index is 2.49. The van der Waals surface area contributed by atoms with Gasteiger partial charge in [0.1, 0.15) is 5.82 Å². The van der Waals surface area contributed by atoms with E-state index in [4.69, 9.17) is 13.3 Å². The number of benzene rings is 1. The van der Waals surface area contributed by atoms with Gasteiger partial charge >= 0.3 is 8.80 Å². The van der Waals surface area contributed by atoms with Crippen molar-refractivity contribution >= 4 is 8.80 Å². The van der Waals surface area contributed by atoms with Gasteiger partial charge in [-0.25, -0.2) is 4.39 Å². The van der Waals surface area contributed by atoms with Crippen LogP contribution in [0, 0.1) is 5.82 Å². The van der Waals surface area contributed by atoms with E-state index in [1.807, 2.05) is 26.0 Å². The van der Waals surface area contributed by atoms with E-state index >= 15 is 0 Å². The molecule has 108 valence electrons. The Bertz CT molecular complexity index is 350. The average molecular weight is 286 g/mol. The highest BCUT2D eigenvalue weighted by molar-refractivity contribution is 6.60. The fourth-order valence-corrected chi connectivity index (χ4v) is 4.31. The van der Waals surface area contributed by atoms with Crippen molar-refractivity contribution in [2.24, 2.45) is 0 Å². The summed E-state index contributed by atoms with van der Waals surface area (Å²) < 4.78 is 29.7. The van der Waals surface area contributed by atoms with Crippen LogP contribution in [0.25, 0.3) is 0 Å². The number of hydrogen-bond acceptors (Lipinski definition) is 3. The van der Waals surface area contributed by atoms with Crippen molar-refractivity contribution < 1.29 is 17.7 Å². The lowest BCUT2D eigenvalue weighted by atomic mass is 10.1. The van der Waals surface area contributed by atoms with E-state index in [-0.39, 0.29) is 5.82 Å². The van der Waals surface area contributed by atoms with Crippen molar-refractivity contribution in [1.29, 1.82) is 0 Å². The second-order valence-electron chi connectivity index (χ2n) is 4.23. The molecule has 0 aliphatic carbocycles. The molecule has 0 heterocycles. The van der Waals surface area contributed by atoms with E-state index in [9.17, 15) is 4.39 Å². The van der Waals surface area contributed by atoms with Crippen molar-refractivity contribution in [2.75, 3.05) is 20.3 Å². The van der Waals surface area contributed by atoms with E-state index in [2.05, 4.69) is 0 Å². The molecule has 0 aliphatic heterocycles. The summed E-state index contributed by atoms with van der Waals surface area (Å²) in [5, 5.41) is 0. The maximum absolute atomic E-state index is 12.8. The molecule has 0 fully saturated rings. The molecule has 1 rings (SSSR count). The number of rotatable bonds is 9. The van der Waals surface area contributed by atoms with Gasteiger partial charge in [-0.3, -0.25) is 0 Å². The summed E-state index contributed by atoms with van der Waals surface area (Å²) in [6.45, 7) is 5.08. The Labute approximate surface area is 116 Å². The molecule has 0 amide bonds. The van der Waals surface area contributed by atoms with Crippen molar-refractivity contribution in [3.05, 3.63) is 35.6 Å². The maximum Gasteiger partial charge on any atom is 0.500 e. The van der Waals surface area contributed by atoms with Gasteiger partial charge in [0.15, 0.2) is 0 Å². The minimum absolute atomic E-state index is 0.201. The predicted octanol–water partition coefficient (Wildman–Crippen LogP) is 3.42. The number of halogens is 1. The maximum atomic E-state index is 12.8. The van der Waals surface area contributed by atoms with Crippen LogP contribution in [0.5, 0.6) is 0 Å². The van der Waals surface area contributed by atoms with Gasteiger partial charge in [-0.15, -0.1) is 0 Å². The Kier molecular flexibility index (Phi) is 7.23. The SMILES string of the molecule is CCO[Si](CCCc1ccc(F)cc1)(OC)OCC. The summed E-state index contributed by atoms with van der Waals surface area (Å²) in [4.78, 5) is 0. The van der Waals surface area contributed by atoms with E-state index in [1.54, 1.807) is 7.11 Å². The molecule has 1 aromatic rings. The molecule has 5 heteroatoms. The molecule has 0 saturated heterocycles. The molecule has 0 atom stereocenters. The first kappa shape index (κ1) is 16.3. The van der Waals surface area contributed by atoms with E-state index in [1.165, 1.54) is 12.1 Å². The monoisotopic (exact) mass is 286 g/mol. The normalized spacial score (nSPS) is 11.8. The first-order chi connectivity index (χ1) is 9.15. The first-order valence-electron chi connectivity index (χ1n) is 6.73. The van der Waals surface area contributed by atoms with Gasteiger partial charge in [0.2, 0.25) is 0 Å². The summed E-state index contributed by atoms with van der Waals surface area (Å²) in [6, 6.07) is 7.38. The van der Waals surface area contributed by atoms with Crippen molar-refractivity contribution in [3.8, 4) is 0 Å². The second-order valence-corrected chi connectivity index (χ2v) is 7.08. The van der Waals surface area contributed by atoms with Crippen LogP contribution >= 0.6 is 0 Å². The lowest BCUT2D eigenvalue weighted by Crippen LogP contribution is -2.44. The Morgan fingerprint density at radius 1 is 1.05 bits per heavy atom. The van der Waals surface area contributed by atoms with Crippen LogP contribution in [-0.4, -0.2) is 29.1 Å². The first-order valence-corrected chi connectivity index (χ1v) is 8.66. The van der Waals surface area contributed by atoms with E-state index < -0.39 is 8.80 Å². The molecule has 0 N–H and O–H groups in total. The Hall–Kier alpha value is -0.753. The molecule has 0 bridgehead atoms. The van der Waals surface area contributed by atoms with Gasteiger partial charge in [-0.2, -0.15) is 0 Å². The molecule has 0 radical (unpaired) electrons. The topological polar surface area (TPSA) is 27.7 Å². The largest absolute Gasteiger partial charge is 0.500 e. The zero-order valence-corrected chi connectivity index (χ0v) is 12.9. The van der Waals surface area contributed by atoms with Crippen molar-refractivity contribution in [3.63, 3.8) is 0 Å². The van der Waals surface area contributed by atoms with Crippen LogP contribution in [0.2, 0.25) is 6.04 Å². The smallest absolute Gasteiger partial charge is 0.377 e. The Morgan fingerprint density at radius 2 is 1.63 bits per heavy atom. The fourth-order valence-electron chi connectivity index (χ4n) is 2.01. The molecule has 3 nitrogen and oxygen atoms in total. The molecule has 1 aromatic carbocycles. The zero-order valence-electron chi connectivity index (χ0n) is 11.9. The van der Waals surface area contributed by atoms with E-state index in [0.29, 0.717) is 13.2 Å². The molecule has 0 saturated carbocycles. The standard InChI is InChI=1S/C14H23FO3Si/c1-4-17-19(16-3,18-5-2)12-6-7-13-8-10-14(15)11-9-13/h8-11H,4-7,12H2,1-3H3. The Morgan fingerprint density at radius 3 is 2.11 bits per heavy atom. The van der Waals surface area contributed by atoms with E-state index in [0.717, 1.165) is 24.4 Å². The molecular weight excluding hydrogens is 263 g/mol. The average Bonchev–Trinajstić information content (AvgIpc) is 2.41. The third-order valence-electron chi connectivity index (χ3n) is 2.90. The lowest BCUT2D eigenvalue weighted by Gasteiger charge is -2.27. The number of aryl methyl sites for hydroxylation is 1. The summed E-state index contributed by atoms with van der Waals surface area (Å²) in [7, 11) is -0.860.